The van der Waals surface area contributed by atoms with Gasteiger partial charge in [0, 0.05) is 22.3 Å². The van der Waals surface area contributed by atoms with Gasteiger partial charge in [0.2, 0.25) is 0 Å². The van der Waals surface area contributed by atoms with Crippen molar-refractivity contribution < 1.29 is 21.1 Å². The zero-order valence-corrected chi connectivity index (χ0v) is 32.2. The topological polar surface area (TPSA) is 102 Å². The SMILES string of the molecule is [Pt+2].c1ccc2cc3c(cc2c1)C1=N/C3=N\C2[N-]C(=NC3=N/C(=N\C4[N-]C(=N1)c1cc5ccccc5cc14)c1cc4ccccc4cc13)c1cc3ccccc3cc12. The number of hydrogen-bond acceptors (Lipinski definition) is 6. The largest absolute Gasteiger partial charge is 2.00 e. The molecule has 0 aromatic heterocycles. The molecule has 0 spiro atoms. The predicted octanol–water partition coefficient (Wildman–Crippen LogP) is 10.7. The second-order valence-corrected chi connectivity index (χ2v) is 14.7. The van der Waals surface area contributed by atoms with Crippen LogP contribution in [0.1, 0.15) is 56.8 Å². The molecular formula is C48H26N8Pt. The Morgan fingerprint density at radius 1 is 0.316 bits per heavy atom. The van der Waals surface area contributed by atoms with Crippen LogP contribution >= 0.6 is 0 Å². The summed E-state index contributed by atoms with van der Waals surface area (Å²) in [6.45, 7) is 0. The minimum absolute atomic E-state index is 0. The van der Waals surface area contributed by atoms with Gasteiger partial charge < -0.3 is 20.6 Å². The number of benzene rings is 8. The third-order valence-corrected chi connectivity index (χ3v) is 11.4. The van der Waals surface area contributed by atoms with Gasteiger partial charge in [-0.25, -0.2) is 9.98 Å². The van der Waals surface area contributed by atoms with E-state index in [0.29, 0.717) is 35.0 Å². The fourth-order valence-corrected chi connectivity index (χ4v) is 8.68. The second-order valence-electron chi connectivity index (χ2n) is 14.7. The van der Waals surface area contributed by atoms with Crippen molar-refractivity contribution in [3.63, 3.8) is 0 Å². The molecule has 0 radical (unpaired) electrons. The summed E-state index contributed by atoms with van der Waals surface area (Å²) in [5.41, 5.74) is 7.42. The van der Waals surface area contributed by atoms with Crippen LogP contribution in [0.3, 0.4) is 0 Å². The Balaban J connectivity index is 0.00000356. The van der Waals surface area contributed by atoms with Crippen LogP contribution in [0.2, 0.25) is 0 Å². The van der Waals surface area contributed by atoms with E-state index < -0.39 is 12.3 Å². The number of fused-ring (bicyclic) bond motifs is 22. The van der Waals surface area contributed by atoms with Crippen LogP contribution < -0.4 is 0 Å². The summed E-state index contributed by atoms with van der Waals surface area (Å²) in [7, 11) is 0. The minimum Gasteiger partial charge on any atom is -0.438 e. The predicted molar refractivity (Wildman–Crippen MR) is 227 cm³/mol. The van der Waals surface area contributed by atoms with E-state index in [1.807, 2.05) is 0 Å². The van der Waals surface area contributed by atoms with Crippen LogP contribution in [0.15, 0.2) is 176 Å². The fourth-order valence-electron chi connectivity index (χ4n) is 8.68. The summed E-state index contributed by atoms with van der Waals surface area (Å²) in [5, 5.41) is 19.3. The van der Waals surface area contributed by atoms with Crippen molar-refractivity contribution in [3.8, 4) is 0 Å². The van der Waals surface area contributed by atoms with Crippen LogP contribution in [0.4, 0.5) is 0 Å². The summed E-state index contributed by atoms with van der Waals surface area (Å²) < 4.78 is 0. The van der Waals surface area contributed by atoms with Gasteiger partial charge in [0.25, 0.3) is 0 Å². The second kappa shape index (κ2) is 12.1. The van der Waals surface area contributed by atoms with E-state index in [1.165, 1.54) is 0 Å². The molecular weight excluding hydrogens is 884 g/mol. The molecule has 0 aliphatic carbocycles. The normalized spacial score (nSPS) is 20.1. The average molecular weight is 910 g/mol. The fraction of sp³-hybridized carbons (Fsp3) is 0.0417. The average Bonchev–Trinajstić information content (AvgIpc) is 3.95. The van der Waals surface area contributed by atoms with E-state index in [4.69, 9.17) is 40.6 Å². The van der Waals surface area contributed by atoms with Crippen LogP contribution in [-0.4, -0.2) is 35.0 Å². The molecule has 268 valence electrons. The van der Waals surface area contributed by atoms with Crippen molar-refractivity contribution in [2.75, 3.05) is 0 Å². The number of rotatable bonds is 0. The van der Waals surface area contributed by atoms with Crippen LogP contribution in [0, 0.1) is 0 Å². The van der Waals surface area contributed by atoms with Gasteiger partial charge in [-0.2, -0.15) is 0 Å². The van der Waals surface area contributed by atoms with Crippen molar-refractivity contribution in [2.24, 2.45) is 30.0 Å². The summed E-state index contributed by atoms with van der Waals surface area (Å²) in [6.07, 6.45) is -1.16. The quantitative estimate of drug-likeness (QED) is 0.145. The Hall–Kier alpha value is -6.89. The Kier molecular flexibility index (Phi) is 6.84. The van der Waals surface area contributed by atoms with Crippen molar-refractivity contribution in [1.82, 2.24) is 0 Å². The standard InChI is InChI=1S/C48H26N8.Pt/c1-2-10-26-18-34-33(17-25(26)9-1)41-49-42(34)54-44-37-21-29-13-5-6-14-30(29)22-38(37)46(51-44)56-48-40-24-32-16-8-7-15-31(32)23-39(40)47(52-48)55-45-36-20-28-12-4-3-11-27(28)19-35(36)43(50-45)53-41;/h1-24,41,48H;/q-2;+2. The van der Waals surface area contributed by atoms with E-state index in [2.05, 4.69) is 146 Å². The first-order valence-corrected chi connectivity index (χ1v) is 18.7. The van der Waals surface area contributed by atoms with Crippen molar-refractivity contribution in [1.29, 1.82) is 0 Å². The maximum Gasteiger partial charge on any atom is 2.00 e. The minimum atomic E-state index is -0.579. The van der Waals surface area contributed by atoms with Crippen LogP contribution in [0.25, 0.3) is 53.7 Å². The summed E-state index contributed by atoms with van der Waals surface area (Å²) in [5.74, 6) is 3.44. The van der Waals surface area contributed by atoms with Gasteiger partial charge in [0.1, 0.15) is 0 Å². The Morgan fingerprint density at radius 2 is 0.596 bits per heavy atom. The zero-order chi connectivity index (χ0) is 36.5. The number of aliphatic imine (C=N–C) groups is 6. The Bertz CT molecular complexity index is 3110. The molecule has 5 heterocycles. The third kappa shape index (κ3) is 4.90. The van der Waals surface area contributed by atoms with Gasteiger partial charge in [-0.3, -0.25) is 9.98 Å². The first kappa shape index (κ1) is 32.4. The summed E-state index contributed by atoms with van der Waals surface area (Å²) >= 11 is 0. The van der Waals surface area contributed by atoms with E-state index in [-0.39, 0.29) is 21.1 Å². The molecule has 8 bridgehead atoms. The van der Waals surface area contributed by atoms with Crippen molar-refractivity contribution in [2.45, 2.75) is 12.3 Å². The number of hydrogen-bond donors (Lipinski definition) is 0. The molecule has 5 aliphatic heterocycles. The number of nitrogens with zero attached hydrogens (tertiary/aromatic N) is 8. The molecule has 0 N–H and O–H groups in total. The molecule has 2 atom stereocenters. The molecule has 9 heteroatoms. The monoisotopic (exact) mass is 909 g/mol. The van der Waals surface area contributed by atoms with Crippen molar-refractivity contribution >= 4 is 78.1 Å². The maximum absolute atomic E-state index is 5.33. The summed E-state index contributed by atoms with van der Waals surface area (Å²) in [6, 6.07) is 50.8. The van der Waals surface area contributed by atoms with Gasteiger partial charge in [-0.05, 0) is 114 Å². The molecule has 8 aromatic rings. The molecule has 0 saturated carbocycles. The smallest absolute Gasteiger partial charge is 0.438 e. The molecule has 0 saturated heterocycles. The first-order chi connectivity index (χ1) is 27.7. The van der Waals surface area contributed by atoms with E-state index in [9.17, 15) is 0 Å². The Labute approximate surface area is 340 Å². The van der Waals surface area contributed by atoms with Gasteiger partial charge in [-0.1, -0.05) is 109 Å². The molecule has 8 aromatic carbocycles. The molecule has 0 fully saturated rings. The van der Waals surface area contributed by atoms with Gasteiger partial charge in [0.15, 0.2) is 11.7 Å². The number of amidine groups is 6. The third-order valence-electron chi connectivity index (χ3n) is 11.4. The molecule has 57 heavy (non-hydrogen) atoms. The van der Waals surface area contributed by atoms with E-state index >= 15 is 0 Å². The summed E-state index contributed by atoms with van der Waals surface area (Å²) in [4.78, 5) is 31.6. The van der Waals surface area contributed by atoms with E-state index in [0.717, 1.165) is 87.6 Å². The maximum atomic E-state index is 5.33. The molecule has 0 amide bonds. The zero-order valence-electron chi connectivity index (χ0n) is 29.9. The van der Waals surface area contributed by atoms with Crippen LogP contribution in [0.5, 0.6) is 0 Å². The first-order valence-electron chi connectivity index (χ1n) is 18.7. The van der Waals surface area contributed by atoms with Gasteiger partial charge in [0.05, 0.1) is 24.0 Å². The molecule has 13 rings (SSSR count). The Morgan fingerprint density at radius 3 is 0.930 bits per heavy atom. The molecule has 5 aliphatic rings. The van der Waals surface area contributed by atoms with Crippen molar-refractivity contribution in [3.05, 3.63) is 201 Å². The molecule has 2 unspecified atom stereocenters. The molecule has 8 nitrogen and oxygen atoms in total. The van der Waals surface area contributed by atoms with Crippen LogP contribution in [-0.2, 0) is 21.1 Å². The van der Waals surface area contributed by atoms with Gasteiger partial charge >= 0.3 is 21.1 Å². The van der Waals surface area contributed by atoms with E-state index in [1.54, 1.807) is 0 Å². The van der Waals surface area contributed by atoms with Gasteiger partial charge in [-0.15, -0.1) is 0 Å².